The molecule has 0 radical (unpaired) electrons. The van der Waals surface area contributed by atoms with E-state index in [0.717, 1.165) is 49.6 Å². The number of halogens is 1. The predicted molar refractivity (Wildman–Crippen MR) is 129 cm³/mol. The first-order valence-corrected chi connectivity index (χ1v) is 10.6. The summed E-state index contributed by atoms with van der Waals surface area (Å²) in [6.45, 7) is 2.26. The second-order valence-electron chi connectivity index (χ2n) is 7.92. The first-order valence-electron chi connectivity index (χ1n) is 10.6. The van der Waals surface area contributed by atoms with Crippen molar-refractivity contribution in [1.82, 2.24) is 25.1 Å². The van der Waals surface area contributed by atoms with Crippen LogP contribution >= 0.6 is 24.0 Å². The second kappa shape index (κ2) is 10.8. The van der Waals surface area contributed by atoms with Crippen molar-refractivity contribution in [3.8, 4) is 5.69 Å². The number of benzene rings is 1. The number of nitrogens with zero attached hydrogens (tertiary/aromatic N) is 4. The van der Waals surface area contributed by atoms with Gasteiger partial charge >= 0.3 is 0 Å². The number of likely N-dealkylation sites (tertiary alicyclic amines) is 1. The molecule has 0 spiro atoms. The van der Waals surface area contributed by atoms with Crippen molar-refractivity contribution < 1.29 is 4.79 Å². The minimum absolute atomic E-state index is 0. The fourth-order valence-corrected chi connectivity index (χ4v) is 4.39. The maximum atomic E-state index is 12.7. The van der Waals surface area contributed by atoms with E-state index in [-0.39, 0.29) is 35.9 Å². The molecule has 7 nitrogen and oxygen atoms in total. The number of amides is 1. The van der Waals surface area contributed by atoms with Crippen molar-refractivity contribution >= 4 is 35.8 Å². The molecule has 1 aromatic heterocycles. The normalized spacial score (nSPS) is 19.6. The summed E-state index contributed by atoms with van der Waals surface area (Å²) in [4.78, 5) is 23.2. The molecule has 1 saturated carbocycles. The smallest absolute Gasteiger partial charge is 0.225 e. The molecule has 1 saturated heterocycles. The number of guanidine groups is 1. The molecule has 2 aliphatic rings. The summed E-state index contributed by atoms with van der Waals surface area (Å²) in [5.74, 6) is 1.38. The number of rotatable bonds is 5. The molecule has 1 aromatic carbocycles. The molecule has 2 heterocycles. The van der Waals surface area contributed by atoms with Crippen LogP contribution in [0.2, 0.25) is 0 Å². The number of hydrogen-bond acceptors (Lipinski definition) is 3. The van der Waals surface area contributed by atoms with Crippen LogP contribution in [-0.4, -0.2) is 52.5 Å². The van der Waals surface area contributed by atoms with Crippen molar-refractivity contribution in [1.29, 1.82) is 0 Å². The van der Waals surface area contributed by atoms with Gasteiger partial charge in [-0.2, -0.15) is 0 Å². The van der Waals surface area contributed by atoms with Crippen LogP contribution < -0.4 is 10.6 Å². The van der Waals surface area contributed by atoms with Crippen LogP contribution in [0.5, 0.6) is 0 Å². The van der Waals surface area contributed by atoms with E-state index in [9.17, 15) is 4.79 Å². The molecule has 8 heteroatoms. The second-order valence-corrected chi connectivity index (χ2v) is 7.92. The topological polar surface area (TPSA) is 74.6 Å². The van der Waals surface area contributed by atoms with Crippen LogP contribution in [0, 0.1) is 5.92 Å². The summed E-state index contributed by atoms with van der Waals surface area (Å²) in [6, 6.07) is 8.50. The number of para-hydroxylation sites is 1. The van der Waals surface area contributed by atoms with Gasteiger partial charge in [-0.3, -0.25) is 9.79 Å². The van der Waals surface area contributed by atoms with Gasteiger partial charge in [0.25, 0.3) is 0 Å². The van der Waals surface area contributed by atoms with Crippen LogP contribution in [0.15, 0.2) is 48.0 Å². The third-order valence-electron chi connectivity index (χ3n) is 5.99. The Labute approximate surface area is 195 Å². The standard InChI is InChI=1S/C22H30N6O.HI/c1-23-22(25-14-18-8-4-5-9-20(18)28-13-11-24-16-28)26-19-10-12-27(15-19)21(29)17-6-2-3-7-17;/h4-5,8-9,11,13,16-17,19H,2-3,6-7,10,12,14-15H2,1H3,(H2,23,25,26);1H. The van der Waals surface area contributed by atoms with Crippen LogP contribution in [0.3, 0.4) is 0 Å². The molecule has 162 valence electrons. The van der Waals surface area contributed by atoms with E-state index in [2.05, 4.69) is 32.7 Å². The predicted octanol–water partition coefficient (Wildman–Crippen LogP) is 2.95. The molecule has 2 aromatic rings. The summed E-state index contributed by atoms with van der Waals surface area (Å²) in [5, 5.41) is 6.91. The van der Waals surface area contributed by atoms with E-state index in [1.165, 1.54) is 12.8 Å². The molecule has 1 aliphatic carbocycles. The molecule has 1 atom stereocenters. The highest BCUT2D eigenvalue weighted by Gasteiger charge is 2.32. The first kappa shape index (κ1) is 22.6. The molecule has 4 rings (SSSR count). The first-order chi connectivity index (χ1) is 14.2. The minimum Gasteiger partial charge on any atom is -0.352 e. The van der Waals surface area contributed by atoms with Gasteiger partial charge in [-0.15, -0.1) is 24.0 Å². The zero-order chi connectivity index (χ0) is 20.1. The lowest BCUT2D eigenvalue weighted by Crippen LogP contribution is -2.45. The molecule has 0 bridgehead atoms. The van der Waals surface area contributed by atoms with Gasteiger partial charge < -0.3 is 20.1 Å². The molecule has 2 N–H and O–H groups in total. The lowest BCUT2D eigenvalue weighted by Gasteiger charge is -2.21. The quantitative estimate of drug-likeness (QED) is 0.360. The van der Waals surface area contributed by atoms with E-state index < -0.39 is 0 Å². The van der Waals surface area contributed by atoms with E-state index >= 15 is 0 Å². The number of nitrogens with one attached hydrogen (secondary N) is 2. The van der Waals surface area contributed by atoms with Crippen LogP contribution in [-0.2, 0) is 11.3 Å². The molecule has 2 fully saturated rings. The van der Waals surface area contributed by atoms with Crippen LogP contribution in [0.1, 0.15) is 37.7 Å². The molecule has 1 unspecified atom stereocenters. The maximum absolute atomic E-state index is 12.7. The summed E-state index contributed by atoms with van der Waals surface area (Å²) in [6.07, 6.45) is 11.0. The highest BCUT2D eigenvalue weighted by Crippen LogP contribution is 2.27. The number of aromatic nitrogens is 2. The number of aliphatic imine (C=N–C) groups is 1. The summed E-state index contributed by atoms with van der Waals surface area (Å²) >= 11 is 0. The van der Waals surface area contributed by atoms with Gasteiger partial charge in [0.1, 0.15) is 0 Å². The third-order valence-corrected chi connectivity index (χ3v) is 5.99. The Morgan fingerprint density at radius 2 is 2.03 bits per heavy atom. The Hall–Kier alpha value is -2.10. The van der Waals surface area contributed by atoms with Gasteiger partial charge in [-0.25, -0.2) is 4.98 Å². The van der Waals surface area contributed by atoms with Crippen molar-refractivity contribution in [2.45, 2.75) is 44.7 Å². The Morgan fingerprint density at radius 1 is 1.23 bits per heavy atom. The Morgan fingerprint density at radius 3 is 2.77 bits per heavy atom. The molecular formula is C22H31IN6O. The largest absolute Gasteiger partial charge is 0.352 e. The van der Waals surface area contributed by atoms with Crippen molar-refractivity contribution in [3.63, 3.8) is 0 Å². The zero-order valence-corrected chi connectivity index (χ0v) is 19.8. The number of imidazole rings is 1. The van der Waals surface area contributed by atoms with Gasteiger partial charge in [0.05, 0.1) is 12.0 Å². The Balaban J connectivity index is 0.00000256. The average molecular weight is 522 g/mol. The van der Waals surface area contributed by atoms with E-state index in [0.29, 0.717) is 12.5 Å². The monoisotopic (exact) mass is 522 g/mol. The fraction of sp³-hybridized carbons (Fsp3) is 0.500. The Bertz CT molecular complexity index is 847. The van der Waals surface area contributed by atoms with Gasteiger partial charge in [0.15, 0.2) is 5.96 Å². The van der Waals surface area contributed by atoms with Crippen molar-refractivity contribution in [3.05, 3.63) is 48.5 Å². The molecule has 30 heavy (non-hydrogen) atoms. The van der Waals surface area contributed by atoms with E-state index in [1.54, 1.807) is 19.6 Å². The third kappa shape index (κ3) is 5.33. The van der Waals surface area contributed by atoms with E-state index in [4.69, 9.17) is 0 Å². The molecule has 1 amide bonds. The highest BCUT2D eigenvalue weighted by molar-refractivity contribution is 14.0. The molecule has 1 aliphatic heterocycles. The number of carbonyl (C=O) groups excluding carboxylic acids is 1. The van der Waals surface area contributed by atoms with Crippen molar-refractivity contribution in [2.75, 3.05) is 20.1 Å². The maximum Gasteiger partial charge on any atom is 0.225 e. The summed E-state index contributed by atoms with van der Waals surface area (Å²) in [7, 11) is 1.79. The highest BCUT2D eigenvalue weighted by atomic mass is 127. The van der Waals surface area contributed by atoms with Crippen LogP contribution in [0.4, 0.5) is 0 Å². The zero-order valence-electron chi connectivity index (χ0n) is 17.5. The molecular weight excluding hydrogens is 491 g/mol. The van der Waals surface area contributed by atoms with Gasteiger partial charge in [-0.1, -0.05) is 31.0 Å². The number of carbonyl (C=O) groups is 1. The SMILES string of the molecule is CN=C(NCc1ccccc1-n1ccnc1)NC1CCN(C(=O)C2CCCC2)C1.I. The lowest BCUT2D eigenvalue weighted by atomic mass is 10.1. The van der Waals surface area contributed by atoms with E-state index in [1.807, 2.05) is 27.8 Å². The fourth-order valence-electron chi connectivity index (χ4n) is 4.39. The average Bonchev–Trinajstić information content (AvgIpc) is 3.53. The number of hydrogen-bond donors (Lipinski definition) is 2. The minimum atomic E-state index is 0. The van der Waals surface area contributed by atoms with Gasteiger partial charge in [-0.05, 0) is 30.9 Å². The summed E-state index contributed by atoms with van der Waals surface area (Å²) in [5.41, 5.74) is 2.26. The Kier molecular flexibility index (Phi) is 8.12. The van der Waals surface area contributed by atoms with Gasteiger partial charge in [0, 0.05) is 51.0 Å². The van der Waals surface area contributed by atoms with Crippen LogP contribution in [0.25, 0.3) is 5.69 Å². The van der Waals surface area contributed by atoms with Crippen molar-refractivity contribution in [2.24, 2.45) is 10.9 Å². The van der Waals surface area contributed by atoms with Gasteiger partial charge in [0.2, 0.25) is 5.91 Å². The lowest BCUT2D eigenvalue weighted by molar-refractivity contribution is -0.134. The summed E-state index contributed by atoms with van der Waals surface area (Å²) < 4.78 is 2.01.